The summed E-state index contributed by atoms with van der Waals surface area (Å²) in [5, 5.41) is 24.5. The molecule has 145 heavy (non-hydrogen) atoms. The topological polar surface area (TPSA) is 37.7 Å². The van der Waals surface area contributed by atoms with Crippen LogP contribution in [0.15, 0.2) is 563 Å². The summed E-state index contributed by atoms with van der Waals surface area (Å²) in [4.78, 5) is 7.09. The lowest BCUT2D eigenvalue weighted by Crippen LogP contribution is -2.10. The first-order valence-corrected chi connectivity index (χ1v) is 49.6. The van der Waals surface area contributed by atoms with Gasteiger partial charge in [0.15, 0.2) is 0 Å². The van der Waals surface area contributed by atoms with Crippen LogP contribution in [0.2, 0.25) is 0 Å². The normalized spacial score (nSPS) is 11.6. The molecular formula is C138H92N6O. The Morgan fingerprint density at radius 3 is 0.890 bits per heavy atom. The van der Waals surface area contributed by atoms with E-state index in [4.69, 9.17) is 4.42 Å². The summed E-state index contributed by atoms with van der Waals surface area (Å²) >= 11 is 0. The molecule has 0 bridgehead atoms. The van der Waals surface area contributed by atoms with E-state index in [1.54, 1.807) is 0 Å². The van der Waals surface area contributed by atoms with E-state index in [1.807, 2.05) is 12.1 Å². The minimum atomic E-state index is 0.873. The fourth-order valence-electron chi connectivity index (χ4n) is 22.0. The molecule has 7 nitrogen and oxygen atoms in total. The molecule has 0 fully saturated rings. The number of aromatic nitrogens is 3. The molecule has 0 spiro atoms. The van der Waals surface area contributed by atoms with Crippen LogP contribution in [0, 0.1) is 0 Å². The lowest BCUT2D eigenvalue weighted by atomic mass is 10.0. The molecule has 680 valence electrons. The number of anilines is 9. The van der Waals surface area contributed by atoms with Crippen LogP contribution < -0.4 is 14.7 Å². The van der Waals surface area contributed by atoms with Crippen molar-refractivity contribution < 1.29 is 4.42 Å². The Balaban J connectivity index is 0.000000108. The summed E-state index contributed by atoms with van der Waals surface area (Å²) in [7, 11) is 0. The van der Waals surface area contributed by atoms with E-state index in [9.17, 15) is 0 Å². The predicted molar refractivity (Wildman–Crippen MR) is 615 cm³/mol. The maximum absolute atomic E-state index is 6.38. The van der Waals surface area contributed by atoms with Gasteiger partial charge in [0.1, 0.15) is 11.2 Å². The molecule has 0 N–H and O–H groups in total. The van der Waals surface area contributed by atoms with Gasteiger partial charge in [-0.2, -0.15) is 0 Å². The molecule has 7 heteroatoms. The molecule has 0 aliphatic rings. The highest BCUT2D eigenvalue weighted by molar-refractivity contribution is 6.23. The van der Waals surface area contributed by atoms with E-state index >= 15 is 0 Å². The number of rotatable bonds is 15. The molecule has 29 aromatic rings. The van der Waals surface area contributed by atoms with Gasteiger partial charge in [0.25, 0.3) is 0 Å². The maximum atomic E-state index is 6.38. The zero-order chi connectivity index (χ0) is 95.8. The van der Waals surface area contributed by atoms with E-state index in [0.29, 0.717) is 0 Å². The van der Waals surface area contributed by atoms with Gasteiger partial charge in [0, 0.05) is 117 Å². The summed E-state index contributed by atoms with van der Waals surface area (Å²) in [6.45, 7) is 0. The van der Waals surface area contributed by atoms with Gasteiger partial charge in [0.05, 0.1) is 33.1 Å². The molecular weight excluding hydrogens is 1760 g/mol. The van der Waals surface area contributed by atoms with E-state index in [2.05, 4.69) is 574 Å². The third kappa shape index (κ3) is 15.5. The van der Waals surface area contributed by atoms with Crippen molar-refractivity contribution in [2.24, 2.45) is 0 Å². The highest BCUT2D eigenvalue weighted by atomic mass is 16.3. The second-order valence-electron chi connectivity index (χ2n) is 37.5. The van der Waals surface area contributed by atoms with Crippen molar-refractivity contribution in [3.63, 3.8) is 0 Å². The number of hydrogen-bond acceptors (Lipinski definition) is 4. The van der Waals surface area contributed by atoms with Crippen molar-refractivity contribution >= 4 is 203 Å². The maximum Gasteiger partial charge on any atom is 0.137 e. The molecule has 4 heterocycles. The second-order valence-corrected chi connectivity index (χ2v) is 37.5. The van der Waals surface area contributed by atoms with E-state index < -0.39 is 0 Å². The first-order valence-electron chi connectivity index (χ1n) is 49.6. The molecule has 0 radical (unpaired) electrons. The number of para-hydroxylation sites is 3. The van der Waals surface area contributed by atoms with E-state index in [0.717, 1.165) is 90.2 Å². The summed E-state index contributed by atoms with van der Waals surface area (Å²) in [5.74, 6) is 0. The van der Waals surface area contributed by atoms with Gasteiger partial charge < -0.3 is 32.8 Å². The Labute approximate surface area is 838 Å². The molecule has 29 rings (SSSR count). The largest absolute Gasteiger partial charge is 0.456 e. The minimum Gasteiger partial charge on any atom is -0.456 e. The fraction of sp³-hybridized carbons (Fsp3) is 0. The van der Waals surface area contributed by atoms with Gasteiger partial charge in [-0.05, 0) is 298 Å². The number of fused-ring (bicyclic) bond motifs is 19. The van der Waals surface area contributed by atoms with Crippen molar-refractivity contribution in [3.8, 4) is 50.4 Å². The zero-order valence-electron chi connectivity index (χ0n) is 79.2. The Bertz CT molecular complexity index is 10000. The van der Waals surface area contributed by atoms with Crippen LogP contribution in [0.5, 0.6) is 0 Å². The summed E-state index contributed by atoms with van der Waals surface area (Å²) in [5.41, 5.74) is 29.5. The lowest BCUT2D eigenvalue weighted by molar-refractivity contribution is 0.669. The molecule has 4 aromatic heterocycles. The number of hydrogen-bond donors (Lipinski definition) is 0. The fourth-order valence-corrected chi connectivity index (χ4v) is 22.0. The van der Waals surface area contributed by atoms with Crippen LogP contribution in [-0.2, 0) is 0 Å². The summed E-state index contributed by atoms with van der Waals surface area (Å²) < 4.78 is 13.6. The van der Waals surface area contributed by atoms with Crippen molar-refractivity contribution in [2.75, 3.05) is 14.7 Å². The van der Waals surface area contributed by atoms with Gasteiger partial charge >= 0.3 is 0 Å². The molecule has 0 aliphatic carbocycles. The van der Waals surface area contributed by atoms with Crippen LogP contribution >= 0.6 is 0 Å². The average molecular weight is 1850 g/mol. The van der Waals surface area contributed by atoms with Gasteiger partial charge in [-0.25, -0.2) is 0 Å². The highest BCUT2D eigenvalue weighted by Gasteiger charge is 2.26. The van der Waals surface area contributed by atoms with Gasteiger partial charge in [-0.1, -0.05) is 352 Å². The first-order chi connectivity index (χ1) is 71.9. The van der Waals surface area contributed by atoms with Crippen molar-refractivity contribution in [2.45, 2.75) is 0 Å². The predicted octanol–water partition coefficient (Wildman–Crippen LogP) is 38.6. The lowest BCUT2D eigenvalue weighted by Gasteiger charge is -2.26. The molecule has 0 saturated heterocycles. The smallest absolute Gasteiger partial charge is 0.137 e. The molecule has 0 atom stereocenters. The SMILES string of the molecule is c1ccc(-c2ccc(N(c3ccc4c(c3)oc3ccccc34)c3ccc4c(c3)c3cc5ccccc5cc3n4-c3ccccc3)cc2)cc1.c1ccc(-c2ccc(N(c3ccc4ccccc4c3)c3ccc4c(c3)c3c5ccccc5ccc3n4-c3ccc4ccccc4c3)cc2)cc1.c1ccc(-c2ccc(N(c3ccccc3)c3ccc4c(c3)c3cc5ccccc5cc3n4-c3ccc4ccccc4c3)cc2)cc1. The van der Waals surface area contributed by atoms with Crippen LogP contribution in [0.3, 0.4) is 0 Å². The van der Waals surface area contributed by atoms with Crippen molar-refractivity contribution in [1.82, 2.24) is 13.7 Å². The van der Waals surface area contributed by atoms with Gasteiger partial charge in [0.2, 0.25) is 0 Å². The number of furan rings is 1. The Morgan fingerprint density at radius 2 is 0.414 bits per heavy atom. The van der Waals surface area contributed by atoms with Gasteiger partial charge in [-0.3, -0.25) is 0 Å². The third-order valence-electron chi connectivity index (χ3n) is 29.0. The third-order valence-corrected chi connectivity index (χ3v) is 29.0. The minimum absolute atomic E-state index is 0.873. The number of nitrogens with zero attached hydrogens (tertiary/aromatic N) is 6. The van der Waals surface area contributed by atoms with Crippen LogP contribution in [0.25, 0.3) is 202 Å². The van der Waals surface area contributed by atoms with Gasteiger partial charge in [-0.15, -0.1) is 0 Å². The van der Waals surface area contributed by atoms with E-state index in [1.165, 1.54) is 163 Å². The molecule has 0 aliphatic heterocycles. The Hall–Kier alpha value is -19.3. The summed E-state index contributed by atoms with van der Waals surface area (Å²) in [6.07, 6.45) is 0. The Morgan fingerprint density at radius 1 is 0.131 bits per heavy atom. The molecule has 25 aromatic carbocycles. The van der Waals surface area contributed by atoms with Crippen molar-refractivity contribution in [3.05, 3.63) is 558 Å². The summed E-state index contributed by atoms with van der Waals surface area (Å²) in [6, 6.07) is 201. The highest BCUT2D eigenvalue weighted by Crippen LogP contribution is 2.49. The first kappa shape index (κ1) is 84.9. The van der Waals surface area contributed by atoms with E-state index in [-0.39, 0.29) is 0 Å². The van der Waals surface area contributed by atoms with Crippen LogP contribution in [-0.4, -0.2) is 13.7 Å². The van der Waals surface area contributed by atoms with Crippen LogP contribution in [0.1, 0.15) is 0 Å². The quantitative estimate of drug-likeness (QED) is 0.103. The Kier molecular flexibility index (Phi) is 21.2. The standard InChI is InChI=1S/C48H32N2.C46H30N2O.C44H30N2/c1-2-10-33(11-3-1)36-18-23-40(24-19-36)49(41-25-20-34-12-4-6-15-38(34)30-41)43-27-29-46-45(32-43)48-44-17-9-8-14-37(44)22-28-47(48)50(46)42-26-21-35-13-5-7-16-39(35)31-42;1-3-11-31(12-4-1)32-19-21-36(22-20-32)47(38-23-25-40-39-17-9-10-18-45(39)49-46(40)30-38)37-24-26-43-42(29-37)41-27-33-13-7-8-14-34(33)28-44(41)48(43)35-15-5-2-6-16-35;1-3-11-31(12-4-1)33-19-22-38(23-20-33)45(37-17-5-2-6-18-37)40-25-26-43-42(30-40)41-28-35-15-9-10-16-36(35)29-44(41)46(43)39-24-21-32-13-7-8-14-34(32)27-39/h1-32H;1-30H;1-30H. The van der Waals surface area contributed by atoms with Crippen LogP contribution in [0.4, 0.5) is 51.2 Å². The molecule has 0 saturated carbocycles. The second kappa shape index (κ2) is 36.1. The zero-order valence-corrected chi connectivity index (χ0v) is 79.2. The average Bonchev–Trinajstić information content (AvgIpc) is 1.58. The molecule has 0 unspecified atom stereocenters. The monoisotopic (exact) mass is 1850 g/mol. The number of benzene rings is 25. The van der Waals surface area contributed by atoms with Crippen molar-refractivity contribution in [1.29, 1.82) is 0 Å². The molecule has 0 amide bonds.